The summed E-state index contributed by atoms with van der Waals surface area (Å²) < 4.78 is 5.82. The van der Waals surface area contributed by atoms with E-state index in [0.29, 0.717) is 0 Å². The predicted octanol–water partition coefficient (Wildman–Crippen LogP) is 3.87. The largest absolute Gasteiger partial charge is 0.375 e. The van der Waals surface area contributed by atoms with Crippen LogP contribution in [0.3, 0.4) is 0 Å². The van der Waals surface area contributed by atoms with Crippen molar-refractivity contribution >= 4 is 0 Å². The molecule has 0 fully saturated rings. The SMILES string of the molecule is CC(C)(C)OCC(C)(C)C(C)(C)C. The Morgan fingerprint density at radius 1 is 0.769 bits per heavy atom. The van der Waals surface area contributed by atoms with Gasteiger partial charge in [-0.15, -0.1) is 0 Å². The molecule has 0 unspecified atom stereocenters. The molecule has 0 radical (unpaired) electrons. The zero-order valence-corrected chi connectivity index (χ0v) is 10.6. The first-order chi connectivity index (χ1) is 5.46. The molecule has 13 heavy (non-hydrogen) atoms. The fraction of sp³-hybridized carbons (Fsp3) is 1.00. The number of rotatable bonds is 2. The topological polar surface area (TPSA) is 9.23 Å². The number of ether oxygens (including phenoxy) is 1. The van der Waals surface area contributed by atoms with Gasteiger partial charge >= 0.3 is 0 Å². The minimum Gasteiger partial charge on any atom is -0.375 e. The van der Waals surface area contributed by atoms with Crippen molar-refractivity contribution in [3.63, 3.8) is 0 Å². The molecule has 0 rings (SSSR count). The van der Waals surface area contributed by atoms with Crippen LogP contribution in [0.25, 0.3) is 0 Å². The second-order valence-electron chi connectivity index (χ2n) is 6.53. The van der Waals surface area contributed by atoms with E-state index < -0.39 is 0 Å². The van der Waals surface area contributed by atoms with Crippen LogP contribution < -0.4 is 0 Å². The fourth-order valence-electron chi connectivity index (χ4n) is 0.613. The van der Waals surface area contributed by atoms with E-state index in [2.05, 4.69) is 55.4 Å². The molecule has 0 N–H and O–H groups in total. The first kappa shape index (κ1) is 13.0. The zero-order valence-electron chi connectivity index (χ0n) is 10.6. The van der Waals surface area contributed by atoms with Gasteiger partial charge in [-0.2, -0.15) is 0 Å². The lowest BCUT2D eigenvalue weighted by Crippen LogP contribution is -2.37. The normalized spacial score (nSPS) is 14.8. The minimum atomic E-state index is -0.0253. The Labute approximate surface area is 83.9 Å². The molecule has 0 saturated heterocycles. The average molecular weight is 186 g/mol. The van der Waals surface area contributed by atoms with E-state index in [0.717, 1.165) is 6.61 Å². The van der Waals surface area contributed by atoms with E-state index in [1.54, 1.807) is 0 Å². The van der Waals surface area contributed by atoms with E-state index in [9.17, 15) is 0 Å². The van der Waals surface area contributed by atoms with Gasteiger partial charge < -0.3 is 4.74 Å². The van der Waals surface area contributed by atoms with Crippen molar-refractivity contribution in [1.82, 2.24) is 0 Å². The Kier molecular flexibility index (Phi) is 3.59. The van der Waals surface area contributed by atoms with E-state index in [1.165, 1.54) is 0 Å². The maximum Gasteiger partial charge on any atom is 0.0598 e. The lowest BCUT2D eigenvalue weighted by molar-refractivity contribution is -0.0735. The van der Waals surface area contributed by atoms with Gasteiger partial charge in [0.2, 0.25) is 0 Å². The average Bonchev–Trinajstić information content (AvgIpc) is 1.79. The highest BCUT2D eigenvalue weighted by molar-refractivity contribution is 4.82. The fourth-order valence-corrected chi connectivity index (χ4v) is 0.613. The first-order valence-electron chi connectivity index (χ1n) is 5.10. The molecule has 0 bridgehead atoms. The molecular formula is C12H26O. The summed E-state index contributed by atoms with van der Waals surface area (Å²) >= 11 is 0. The maximum absolute atomic E-state index is 5.82. The highest BCUT2D eigenvalue weighted by Crippen LogP contribution is 2.38. The molecule has 0 aliphatic carbocycles. The van der Waals surface area contributed by atoms with Gasteiger partial charge in [0, 0.05) is 0 Å². The molecule has 0 heterocycles. The van der Waals surface area contributed by atoms with Gasteiger partial charge in [0.05, 0.1) is 12.2 Å². The lowest BCUT2D eigenvalue weighted by atomic mass is 9.70. The van der Waals surface area contributed by atoms with Crippen molar-refractivity contribution in [1.29, 1.82) is 0 Å². The highest BCUT2D eigenvalue weighted by Gasteiger charge is 2.34. The quantitative estimate of drug-likeness (QED) is 0.636. The van der Waals surface area contributed by atoms with Crippen molar-refractivity contribution in [3.05, 3.63) is 0 Å². The Morgan fingerprint density at radius 2 is 1.15 bits per heavy atom. The molecular weight excluding hydrogens is 160 g/mol. The summed E-state index contributed by atoms with van der Waals surface area (Å²) in [6.07, 6.45) is 0. The van der Waals surface area contributed by atoms with E-state index in [-0.39, 0.29) is 16.4 Å². The molecule has 0 aliphatic heterocycles. The molecule has 0 atom stereocenters. The first-order valence-corrected chi connectivity index (χ1v) is 5.10. The summed E-state index contributed by atoms with van der Waals surface area (Å²) in [5, 5.41) is 0. The van der Waals surface area contributed by atoms with E-state index >= 15 is 0 Å². The minimum absolute atomic E-state index is 0.0253. The van der Waals surface area contributed by atoms with Crippen LogP contribution >= 0.6 is 0 Å². The molecule has 0 aromatic carbocycles. The van der Waals surface area contributed by atoms with Gasteiger partial charge in [-0.3, -0.25) is 0 Å². The Bertz CT molecular complexity index is 155. The van der Waals surface area contributed by atoms with Gasteiger partial charge in [0.15, 0.2) is 0 Å². The lowest BCUT2D eigenvalue weighted by Gasteiger charge is -2.40. The van der Waals surface area contributed by atoms with E-state index in [4.69, 9.17) is 4.74 Å². The zero-order chi connectivity index (χ0) is 10.9. The molecule has 1 heteroatoms. The molecule has 1 nitrogen and oxygen atoms in total. The van der Waals surface area contributed by atoms with Crippen LogP contribution in [0.1, 0.15) is 55.4 Å². The van der Waals surface area contributed by atoms with Gasteiger partial charge in [0.25, 0.3) is 0 Å². The molecule has 0 saturated carbocycles. The number of hydrogen-bond acceptors (Lipinski definition) is 1. The van der Waals surface area contributed by atoms with Gasteiger partial charge in [0.1, 0.15) is 0 Å². The van der Waals surface area contributed by atoms with Crippen LogP contribution in [0.15, 0.2) is 0 Å². The molecule has 0 spiro atoms. The molecule has 0 amide bonds. The third-order valence-electron chi connectivity index (χ3n) is 2.90. The van der Waals surface area contributed by atoms with Gasteiger partial charge in [-0.05, 0) is 31.6 Å². The monoisotopic (exact) mass is 186 g/mol. The summed E-state index contributed by atoms with van der Waals surface area (Å²) in [7, 11) is 0. The van der Waals surface area contributed by atoms with Crippen molar-refractivity contribution in [2.45, 2.75) is 61.0 Å². The van der Waals surface area contributed by atoms with Gasteiger partial charge in [-0.1, -0.05) is 34.6 Å². The molecule has 0 aromatic rings. The highest BCUT2D eigenvalue weighted by atomic mass is 16.5. The molecule has 80 valence electrons. The van der Waals surface area contributed by atoms with Crippen LogP contribution in [0.4, 0.5) is 0 Å². The summed E-state index contributed by atoms with van der Waals surface area (Å²) in [5.74, 6) is 0. The maximum atomic E-state index is 5.82. The van der Waals surface area contributed by atoms with Crippen molar-refractivity contribution in [2.24, 2.45) is 10.8 Å². The Hall–Kier alpha value is -0.0400. The predicted molar refractivity (Wildman–Crippen MR) is 58.9 cm³/mol. The van der Waals surface area contributed by atoms with Crippen molar-refractivity contribution in [3.8, 4) is 0 Å². The second-order valence-corrected chi connectivity index (χ2v) is 6.53. The summed E-state index contributed by atoms with van der Waals surface area (Å²) in [6, 6.07) is 0. The van der Waals surface area contributed by atoms with Crippen LogP contribution in [0, 0.1) is 10.8 Å². The van der Waals surface area contributed by atoms with Crippen molar-refractivity contribution < 1.29 is 4.74 Å². The standard InChI is InChI=1S/C12H26O/c1-10(2,3)12(7,8)9-13-11(4,5)6/h9H2,1-8H3. The third-order valence-corrected chi connectivity index (χ3v) is 2.90. The number of hydrogen-bond donors (Lipinski definition) is 0. The van der Waals surface area contributed by atoms with Crippen LogP contribution in [-0.4, -0.2) is 12.2 Å². The van der Waals surface area contributed by atoms with Crippen molar-refractivity contribution in [2.75, 3.05) is 6.61 Å². The van der Waals surface area contributed by atoms with Gasteiger partial charge in [-0.25, -0.2) is 0 Å². The van der Waals surface area contributed by atoms with Crippen LogP contribution in [-0.2, 0) is 4.74 Å². The Morgan fingerprint density at radius 3 is 1.38 bits per heavy atom. The second kappa shape index (κ2) is 3.61. The summed E-state index contributed by atoms with van der Waals surface area (Å²) in [6.45, 7) is 18.4. The van der Waals surface area contributed by atoms with Crippen LogP contribution in [0.2, 0.25) is 0 Å². The summed E-state index contributed by atoms with van der Waals surface area (Å²) in [4.78, 5) is 0. The Balaban J connectivity index is 4.21. The molecule has 0 aromatic heterocycles. The third kappa shape index (κ3) is 4.66. The smallest absolute Gasteiger partial charge is 0.0598 e. The van der Waals surface area contributed by atoms with E-state index in [1.807, 2.05) is 0 Å². The van der Waals surface area contributed by atoms with Crippen LogP contribution in [0.5, 0.6) is 0 Å². The molecule has 0 aliphatic rings. The summed E-state index contributed by atoms with van der Waals surface area (Å²) in [5.41, 5.74) is 0.487.